The Morgan fingerprint density at radius 3 is 2.09 bits per heavy atom. The van der Waals surface area contributed by atoms with Gasteiger partial charge in [-0.3, -0.25) is 4.98 Å². The van der Waals surface area contributed by atoms with E-state index < -0.39 is 5.97 Å². The Morgan fingerprint density at radius 2 is 1.64 bits per heavy atom. The molecule has 0 spiro atoms. The number of pyridine rings is 2. The average molecular weight is 300 g/mol. The monoisotopic (exact) mass is 300 g/mol. The van der Waals surface area contributed by atoms with Crippen molar-refractivity contribution in [1.82, 2.24) is 9.97 Å². The number of hydrogen-bond donors (Lipinski definition) is 1. The van der Waals surface area contributed by atoms with Crippen molar-refractivity contribution in [3.8, 4) is 0 Å². The molecule has 0 aliphatic rings. The van der Waals surface area contributed by atoms with Crippen LogP contribution < -0.4 is 0 Å². The maximum Gasteiger partial charge on any atom is 0.354 e. The van der Waals surface area contributed by atoms with Crippen molar-refractivity contribution < 1.29 is 9.90 Å². The minimum atomic E-state index is -0.975. The van der Waals surface area contributed by atoms with Crippen LogP contribution in [0.5, 0.6) is 0 Å². The summed E-state index contributed by atoms with van der Waals surface area (Å²) in [5.41, 5.74) is 3.33. The van der Waals surface area contributed by atoms with Gasteiger partial charge in [0.15, 0.2) is 0 Å². The van der Waals surface area contributed by atoms with Crippen LogP contribution in [0.15, 0.2) is 36.5 Å². The lowest BCUT2D eigenvalue weighted by Gasteiger charge is -2.03. The van der Waals surface area contributed by atoms with Gasteiger partial charge in [-0.05, 0) is 42.5 Å². The lowest BCUT2D eigenvalue weighted by atomic mass is 10.1. The second-order valence-electron chi connectivity index (χ2n) is 5.82. The smallest absolute Gasteiger partial charge is 0.354 e. The quantitative estimate of drug-likeness (QED) is 0.911. The first-order valence-corrected chi connectivity index (χ1v) is 7.44. The molecule has 118 valence electrons. The van der Waals surface area contributed by atoms with Gasteiger partial charge in [-0.15, -0.1) is 0 Å². The summed E-state index contributed by atoms with van der Waals surface area (Å²) < 4.78 is 0. The molecule has 0 aromatic carbocycles. The van der Waals surface area contributed by atoms with Gasteiger partial charge in [0.05, 0.1) is 0 Å². The molecular formula is C18H24N2O2. The van der Waals surface area contributed by atoms with E-state index in [0.717, 1.165) is 5.69 Å². The Morgan fingerprint density at radius 1 is 1.00 bits per heavy atom. The Bertz CT molecular complexity index is 605. The van der Waals surface area contributed by atoms with Crippen LogP contribution in [0.4, 0.5) is 0 Å². The molecule has 4 heteroatoms. The molecule has 4 nitrogen and oxygen atoms in total. The summed E-state index contributed by atoms with van der Waals surface area (Å²) in [7, 11) is 0. The van der Waals surface area contributed by atoms with E-state index in [9.17, 15) is 4.79 Å². The van der Waals surface area contributed by atoms with Gasteiger partial charge in [0.25, 0.3) is 0 Å². The van der Waals surface area contributed by atoms with Crippen LogP contribution in [0, 0.1) is 6.92 Å². The van der Waals surface area contributed by atoms with Gasteiger partial charge in [0.1, 0.15) is 5.69 Å². The molecule has 0 fully saturated rings. The Labute approximate surface area is 132 Å². The number of aromatic carboxylic acids is 1. The SMILES string of the molecule is CC(C)c1cccc(C(=O)O)n1.Cc1ccc(C(C)C)nc1. The number of carbonyl (C=O) groups is 1. The molecule has 0 amide bonds. The summed E-state index contributed by atoms with van der Waals surface area (Å²) >= 11 is 0. The molecular weight excluding hydrogens is 276 g/mol. The van der Waals surface area contributed by atoms with Crippen LogP contribution >= 0.6 is 0 Å². The minimum Gasteiger partial charge on any atom is -0.477 e. The van der Waals surface area contributed by atoms with Crippen molar-refractivity contribution in [2.75, 3.05) is 0 Å². The third kappa shape index (κ3) is 5.64. The molecule has 0 aliphatic carbocycles. The molecule has 0 saturated heterocycles. The highest BCUT2D eigenvalue weighted by molar-refractivity contribution is 5.85. The number of nitrogens with zero attached hydrogens (tertiary/aromatic N) is 2. The number of carboxylic acid groups (broad SMARTS) is 1. The first kappa shape index (κ1) is 17.8. The summed E-state index contributed by atoms with van der Waals surface area (Å²) in [6.07, 6.45) is 1.91. The molecule has 0 atom stereocenters. The first-order valence-electron chi connectivity index (χ1n) is 7.44. The molecule has 2 aromatic heterocycles. The van der Waals surface area contributed by atoms with Crippen molar-refractivity contribution in [2.24, 2.45) is 0 Å². The van der Waals surface area contributed by atoms with Crippen molar-refractivity contribution in [3.63, 3.8) is 0 Å². The van der Waals surface area contributed by atoms with Crippen molar-refractivity contribution >= 4 is 5.97 Å². The molecule has 2 rings (SSSR count). The Hall–Kier alpha value is -2.23. The van der Waals surface area contributed by atoms with E-state index >= 15 is 0 Å². The third-order valence-electron chi connectivity index (χ3n) is 3.11. The average Bonchev–Trinajstić information content (AvgIpc) is 2.48. The first-order chi connectivity index (χ1) is 10.3. The predicted molar refractivity (Wildman–Crippen MR) is 88.3 cm³/mol. The van der Waals surface area contributed by atoms with E-state index in [-0.39, 0.29) is 11.6 Å². The van der Waals surface area contributed by atoms with Crippen LogP contribution in [0.3, 0.4) is 0 Å². The Balaban J connectivity index is 0.000000224. The second-order valence-corrected chi connectivity index (χ2v) is 5.82. The van der Waals surface area contributed by atoms with E-state index in [2.05, 4.69) is 42.9 Å². The highest BCUT2D eigenvalue weighted by Gasteiger charge is 2.06. The van der Waals surface area contributed by atoms with E-state index in [4.69, 9.17) is 5.11 Å². The fourth-order valence-electron chi connectivity index (χ4n) is 1.71. The van der Waals surface area contributed by atoms with Gasteiger partial charge in [0, 0.05) is 17.6 Å². The van der Waals surface area contributed by atoms with Crippen LogP contribution in [0.2, 0.25) is 0 Å². The number of carboxylic acids is 1. The summed E-state index contributed by atoms with van der Waals surface area (Å²) in [6, 6.07) is 9.22. The molecule has 2 heterocycles. The molecule has 0 radical (unpaired) electrons. The van der Waals surface area contributed by atoms with E-state index in [1.54, 1.807) is 6.07 Å². The predicted octanol–water partition coefficient (Wildman–Crippen LogP) is 4.42. The standard InChI is InChI=1S/C9H11NO2.C9H13N/c1-6(2)7-4-3-5-8(10-7)9(11)12;1-7(2)9-5-4-8(3)6-10-9/h3-6H,1-2H3,(H,11,12);4-7H,1-3H3. The minimum absolute atomic E-state index is 0.112. The van der Waals surface area contributed by atoms with Crippen LogP contribution in [0.25, 0.3) is 0 Å². The number of aromatic nitrogens is 2. The van der Waals surface area contributed by atoms with Gasteiger partial charge in [-0.25, -0.2) is 9.78 Å². The van der Waals surface area contributed by atoms with Crippen molar-refractivity contribution in [1.29, 1.82) is 0 Å². The largest absolute Gasteiger partial charge is 0.477 e. The lowest BCUT2D eigenvalue weighted by molar-refractivity contribution is 0.0690. The Kier molecular flexibility index (Phi) is 6.70. The van der Waals surface area contributed by atoms with Crippen LogP contribution in [0.1, 0.15) is 67.0 Å². The van der Waals surface area contributed by atoms with Gasteiger partial charge >= 0.3 is 5.97 Å². The molecule has 0 aliphatic heterocycles. The van der Waals surface area contributed by atoms with Crippen molar-refractivity contribution in [3.05, 3.63) is 59.2 Å². The van der Waals surface area contributed by atoms with Crippen LogP contribution in [-0.2, 0) is 0 Å². The highest BCUT2D eigenvalue weighted by atomic mass is 16.4. The summed E-state index contributed by atoms with van der Waals surface area (Å²) in [5.74, 6) is -0.164. The number of rotatable bonds is 3. The molecule has 22 heavy (non-hydrogen) atoms. The molecule has 0 bridgehead atoms. The van der Waals surface area contributed by atoms with Crippen LogP contribution in [-0.4, -0.2) is 21.0 Å². The van der Waals surface area contributed by atoms with Gasteiger partial charge in [0.2, 0.25) is 0 Å². The number of hydrogen-bond acceptors (Lipinski definition) is 3. The summed E-state index contributed by atoms with van der Waals surface area (Å²) in [4.78, 5) is 18.8. The maximum absolute atomic E-state index is 10.5. The molecule has 2 aromatic rings. The summed E-state index contributed by atoms with van der Waals surface area (Å²) in [6.45, 7) is 10.3. The van der Waals surface area contributed by atoms with E-state index in [0.29, 0.717) is 5.92 Å². The van der Waals surface area contributed by atoms with Gasteiger partial charge in [-0.2, -0.15) is 0 Å². The third-order valence-corrected chi connectivity index (χ3v) is 3.11. The zero-order chi connectivity index (χ0) is 16.7. The fourth-order valence-corrected chi connectivity index (χ4v) is 1.71. The lowest BCUT2D eigenvalue weighted by Crippen LogP contribution is -2.03. The zero-order valence-corrected chi connectivity index (χ0v) is 13.9. The van der Waals surface area contributed by atoms with E-state index in [1.807, 2.05) is 26.1 Å². The molecule has 1 N–H and O–H groups in total. The topological polar surface area (TPSA) is 63.1 Å². The molecule has 0 unspecified atom stereocenters. The summed E-state index contributed by atoms with van der Waals surface area (Å²) in [5, 5.41) is 8.63. The molecule has 0 saturated carbocycles. The number of aryl methyl sites for hydroxylation is 1. The van der Waals surface area contributed by atoms with E-state index in [1.165, 1.54) is 17.3 Å². The zero-order valence-electron chi connectivity index (χ0n) is 13.9. The normalized spacial score (nSPS) is 10.3. The van der Waals surface area contributed by atoms with Gasteiger partial charge in [-0.1, -0.05) is 39.8 Å². The fraction of sp³-hybridized carbons (Fsp3) is 0.389. The van der Waals surface area contributed by atoms with Crippen molar-refractivity contribution in [2.45, 2.75) is 46.5 Å². The second kappa shape index (κ2) is 8.27. The highest BCUT2D eigenvalue weighted by Crippen LogP contribution is 2.11. The van der Waals surface area contributed by atoms with Gasteiger partial charge < -0.3 is 5.11 Å². The maximum atomic E-state index is 10.5.